The van der Waals surface area contributed by atoms with Gasteiger partial charge >= 0.3 is 0 Å². The molecule has 19 N–H and O–H groups in total. The van der Waals surface area contributed by atoms with Crippen LogP contribution in [-0.2, 0) is 100 Å². The molecule has 0 aromatic heterocycles. The summed E-state index contributed by atoms with van der Waals surface area (Å²) in [6, 6.07) is -3.45. The van der Waals surface area contributed by atoms with Gasteiger partial charge in [-0.1, -0.05) is 38.5 Å². The van der Waals surface area contributed by atoms with Crippen LogP contribution in [0.5, 0.6) is 0 Å². The number of hydrogen-bond donors (Lipinski definition) is 19. The molecule has 5 saturated heterocycles. The molecule has 11 amide bonds. The number of ether oxygens (including phenoxy) is 10. The van der Waals surface area contributed by atoms with Crippen molar-refractivity contribution in [3.63, 3.8) is 0 Å². The van der Waals surface area contributed by atoms with E-state index in [2.05, 4.69) is 47.9 Å². The molecule has 726 valence electrons. The van der Waals surface area contributed by atoms with Crippen LogP contribution >= 0.6 is 0 Å². The Labute approximate surface area is 738 Å². The predicted octanol–water partition coefficient (Wildman–Crippen LogP) is -3.66. The molecule has 0 aliphatic carbocycles. The van der Waals surface area contributed by atoms with Crippen LogP contribution in [0.3, 0.4) is 0 Å². The minimum atomic E-state index is -1.47. The van der Waals surface area contributed by atoms with Crippen molar-refractivity contribution < 1.29 is 151 Å². The molecule has 5 aliphatic heterocycles. The molecule has 42 nitrogen and oxygen atoms in total. The van der Waals surface area contributed by atoms with E-state index in [0.717, 1.165) is 44.9 Å². The number of hydrogen-bond acceptors (Lipinski definition) is 31. The fraction of sp³-hybridized carbons (Fsp3) is 0.869. The van der Waals surface area contributed by atoms with Gasteiger partial charge in [0.25, 0.3) is 0 Å². The molecule has 0 aromatic rings. The molecular weight excluding hydrogens is 1660 g/mol. The normalized spacial score (nSPS) is 26.8. The third kappa shape index (κ3) is 42.5. The van der Waals surface area contributed by atoms with Crippen LogP contribution in [0, 0.1) is 5.92 Å². The lowest BCUT2D eigenvalue weighted by Gasteiger charge is -2.43. The van der Waals surface area contributed by atoms with E-state index in [1.54, 1.807) is 9.80 Å². The number of aliphatic hydroxyl groups is 10. The summed E-state index contributed by atoms with van der Waals surface area (Å²) >= 11 is 0. The van der Waals surface area contributed by atoms with Crippen LogP contribution < -0.4 is 47.9 Å². The summed E-state index contributed by atoms with van der Waals surface area (Å²) in [6.07, 6.45) is -6.24. The SMILES string of the molecule is CC(=O)N[C@H]1[C@H](OCCCCC(=O)NCCCNC(=O)CCOC[C@H]2CN(C(=O)CCCCCCCCCCC(=O)N3C[C@H](O)C[C@H]3COC(C)(C)C)C[C@@H](OCCC(=O)NCCCNC(=O)CCCCO[C@@H]3O[C@H](CO)[C@H](O)[C@H](O)[C@H]3NC(C)=O)[C@@H]2OCCC(=O)NCCCNC(=O)CCCCO[C@@H]2O[C@H](CO)[C@H](O)[C@H](O)[C@H]2NC(C)=O)O[C@H](CO)[C@H](O)[C@@H]1O. The first-order chi connectivity index (χ1) is 60.2. The Bertz CT molecular complexity index is 3210. The lowest BCUT2D eigenvalue weighted by atomic mass is 9.92. The largest absolute Gasteiger partial charge is 0.394 e. The van der Waals surface area contributed by atoms with Crippen molar-refractivity contribution in [3.05, 3.63) is 0 Å². The maximum absolute atomic E-state index is 14.3. The van der Waals surface area contributed by atoms with E-state index < -0.39 is 154 Å². The van der Waals surface area contributed by atoms with Crippen LogP contribution in [0.25, 0.3) is 0 Å². The summed E-state index contributed by atoms with van der Waals surface area (Å²) in [5.74, 6) is -3.94. The van der Waals surface area contributed by atoms with Crippen molar-refractivity contribution in [2.75, 3.05) is 132 Å². The molecular formula is C84H149N11O31. The second-order valence-corrected chi connectivity index (χ2v) is 33.9. The second kappa shape index (κ2) is 61.1. The highest BCUT2D eigenvalue weighted by molar-refractivity contribution is 5.79. The van der Waals surface area contributed by atoms with Gasteiger partial charge in [0.1, 0.15) is 79.2 Å². The average Bonchev–Trinajstić information content (AvgIpc) is 1.24. The van der Waals surface area contributed by atoms with Crippen LogP contribution in [0.1, 0.15) is 208 Å². The first-order valence-corrected chi connectivity index (χ1v) is 45.1. The number of amides is 11. The van der Waals surface area contributed by atoms with Gasteiger partial charge in [0.15, 0.2) is 18.9 Å². The van der Waals surface area contributed by atoms with Gasteiger partial charge in [-0.25, -0.2) is 0 Å². The molecule has 5 aliphatic rings. The molecule has 5 heterocycles. The average molecular weight is 1810 g/mol. The first-order valence-electron chi connectivity index (χ1n) is 45.1. The highest BCUT2D eigenvalue weighted by Gasteiger charge is 2.49. The van der Waals surface area contributed by atoms with E-state index in [-0.39, 0.29) is 202 Å². The number of aliphatic hydroxyl groups excluding tert-OH is 10. The fourth-order valence-corrected chi connectivity index (χ4v) is 15.2. The van der Waals surface area contributed by atoms with Gasteiger partial charge in [-0.05, 0) is 97.8 Å². The van der Waals surface area contributed by atoms with Crippen molar-refractivity contribution >= 4 is 65.0 Å². The molecule has 0 radical (unpaired) electrons. The summed E-state index contributed by atoms with van der Waals surface area (Å²) in [5.41, 5.74) is -0.363. The number of carbonyl (C=O) groups excluding carboxylic acids is 11. The minimum Gasteiger partial charge on any atom is -0.394 e. The molecule has 0 bridgehead atoms. The summed E-state index contributed by atoms with van der Waals surface area (Å²) in [6.45, 7) is 10.1. The highest BCUT2D eigenvalue weighted by Crippen LogP contribution is 2.30. The van der Waals surface area contributed by atoms with Gasteiger partial charge in [0.2, 0.25) is 65.0 Å². The zero-order chi connectivity index (χ0) is 92.5. The van der Waals surface area contributed by atoms with Crippen molar-refractivity contribution in [1.29, 1.82) is 0 Å². The van der Waals surface area contributed by atoms with Crippen molar-refractivity contribution in [2.45, 2.75) is 330 Å². The highest BCUT2D eigenvalue weighted by atomic mass is 16.7. The van der Waals surface area contributed by atoms with E-state index in [0.29, 0.717) is 90.2 Å². The number of carbonyl (C=O) groups is 11. The van der Waals surface area contributed by atoms with Gasteiger partial charge < -0.3 is 156 Å². The Morgan fingerprint density at radius 2 is 0.706 bits per heavy atom. The van der Waals surface area contributed by atoms with E-state index in [4.69, 9.17) is 47.4 Å². The van der Waals surface area contributed by atoms with Crippen molar-refractivity contribution in [1.82, 2.24) is 57.7 Å². The van der Waals surface area contributed by atoms with Crippen molar-refractivity contribution in [3.8, 4) is 0 Å². The molecule has 126 heavy (non-hydrogen) atoms. The zero-order valence-corrected chi connectivity index (χ0v) is 74.5. The van der Waals surface area contributed by atoms with E-state index in [9.17, 15) is 104 Å². The number of unbranched alkanes of at least 4 members (excludes halogenated alkanes) is 10. The maximum Gasteiger partial charge on any atom is 0.222 e. The minimum absolute atomic E-state index is 0.0108. The van der Waals surface area contributed by atoms with E-state index in [1.807, 2.05) is 20.8 Å². The van der Waals surface area contributed by atoms with Crippen LogP contribution in [0.15, 0.2) is 0 Å². The molecule has 0 spiro atoms. The van der Waals surface area contributed by atoms with E-state index in [1.165, 1.54) is 20.8 Å². The Kier molecular flexibility index (Phi) is 53.3. The fourth-order valence-electron chi connectivity index (χ4n) is 15.2. The number of nitrogens with one attached hydrogen (secondary N) is 9. The Morgan fingerprint density at radius 3 is 1.07 bits per heavy atom. The van der Waals surface area contributed by atoms with Gasteiger partial charge in [-0.3, -0.25) is 52.7 Å². The molecule has 0 unspecified atom stereocenters. The van der Waals surface area contributed by atoms with Gasteiger partial charge in [-0.2, -0.15) is 0 Å². The quantitative estimate of drug-likeness (QED) is 0.0261. The third-order valence-corrected chi connectivity index (χ3v) is 22.1. The zero-order valence-electron chi connectivity index (χ0n) is 74.5. The number of piperidine rings is 1. The number of β-amino-alcohol motifs (C(OH)–C–C–N with tert-alkyl or cyclic N) is 1. The topological polar surface area (TPSA) is 597 Å². The molecule has 0 aromatic carbocycles. The van der Waals surface area contributed by atoms with Crippen LogP contribution in [0.4, 0.5) is 0 Å². The Balaban J connectivity index is 1.13. The van der Waals surface area contributed by atoms with Crippen LogP contribution in [-0.4, -0.2) is 379 Å². The summed E-state index contributed by atoms with van der Waals surface area (Å²) < 4.78 is 59.1. The first kappa shape index (κ1) is 110. The standard InChI is InChI=1S/C84H149N11O31/c1-53(99)91-71-77(114)74(111)60(48-96)124-81(71)120-38-18-15-24-63(103)85-32-21-35-88-66(106)29-41-117-51-56-45-94(69(109)27-13-11-9-7-8-10-12-14-28-70(110)95-46-58(102)44-57(95)52-123-84(4,5)6)47-59(118-42-30-67(107)89-36-22-33-86-64(104)25-16-19-39-121-82-72(92-54(2)100)78(115)75(112)61(49-97)125-82)80(56)119-43-31-68(108)90-37-23-34-87-65(105)26-17-20-40-122-83-73(93-55(3)101)79(116)76(113)62(50-98)126-83/h56-62,71-83,96-98,102,111-116H,7-52H2,1-6H3,(H,85,103)(H,86,104)(H,87,105)(H,88,106)(H,89,107)(H,90,108)(H,91,99)(H,92,100)(H,93,101)/t56-,57+,58-,59-,60-,61-,62-,71-,72-,73-,74+,75+,76+,77-,78-,79-,80-,81-,82-,83-/m1/s1. The predicted molar refractivity (Wildman–Crippen MR) is 450 cm³/mol. The molecule has 42 heteroatoms. The molecule has 0 saturated carbocycles. The molecule has 5 fully saturated rings. The number of likely N-dealkylation sites (tertiary alicyclic amines) is 2. The van der Waals surface area contributed by atoms with Crippen molar-refractivity contribution in [2.24, 2.45) is 5.92 Å². The number of rotatable bonds is 62. The monoisotopic (exact) mass is 1810 g/mol. The summed E-state index contributed by atoms with van der Waals surface area (Å²) in [7, 11) is 0. The Morgan fingerprint density at radius 1 is 0.365 bits per heavy atom. The molecule has 20 atom stereocenters. The second-order valence-electron chi connectivity index (χ2n) is 33.9. The molecule has 5 rings (SSSR count). The summed E-state index contributed by atoms with van der Waals surface area (Å²) in [5, 5.41) is 126. The number of nitrogens with zero attached hydrogens (tertiary/aromatic N) is 2. The smallest absolute Gasteiger partial charge is 0.222 e. The van der Waals surface area contributed by atoms with Crippen LogP contribution in [0.2, 0.25) is 0 Å². The third-order valence-electron chi connectivity index (χ3n) is 22.1. The lowest BCUT2D eigenvalue weighted by Crippen LogP contribution is -2.64. The van der Waals surface area contributed by atoms with Gasteiger partial charge in [0.05, 0.1) is 76.7 Å². The lowest BCUT2D eigenvalue weighted by molar-refractivity contribution is -0.270. The van der Waals surface area contributed by atoms with Gasteiger partial charge in [-0.15, -0.1) is 0 Å². The maximum atomic E-state index is 14.3. The summed E-state index contributed by atoms with van der Waals surface area (Å²) in [4.78, 5) is 144. The Hall–Kier alpha value is -6.63. The van der Waals surface area contributed by atoms with Gasteiger partial charge in [0, 0.05) is 157 Å². The van der Waals surface area contributed by atoms with E-state index >= 15 is 0 Å².